The molecule has 0 radical (unpaired) electrons. The molecule has 0 aliphatic rings. The number of thiazole rings is 1. The standard InChI is InChI=1S/C14H11F3N3O4PS.2Na/c15-14(16,17)12(18)9-6-26-13(19-9)11(21)8-5-20(25(22,23)24)10-4-2-1-3-7(8)10;;/h1-6,12H,18H2,(H2,22,23,24);;/q;2*+1/p-2. The van der Waals surface area contributed by atoms with E-state index in [0.29, 0.717) is 15.7 Å². The van der Waals surface area contributed by atoms with Crippen molar-refractivity contribution in [3.05, 3.63) is 52.1 Å². The summed E-state index contributed by atoms with van der Waals surface area (Å²) in [6.07, 6.45) is -3.87. The largest absolute Gasteiger partial charge is 1.00 e. The number of halogens is 3. The smallest absolute Gasteiger partial charge is 0.795 e. The van der Waals surface area contributed by atoms with Gasteiger partial charge in [0.2, 0.25) is 5.78 Å². The van der Waals surface area contributed by atoms with Crippen LogP contribution in [0, 0.1) is 0 Å². The first kappa shape index (κ1) is 26.0. The molecule has 0 saturated heterocycles. The minimum Gasteiger partial charge on any atom is -0.795 e. The number of benzene rings is 1. The van der Waals surface area contributed by atoms with Crippen LogP contribution in [0.2, 0.25) is 0 Å². The van der Waals surface area contributed by atoms with E-state index in [-0.39, 0.29) is 80.6 Å². The van der Waals surface area contributed by atoms with Gasteiger partial charge in [-0.3, -0.25) is 4.79 Å². The summed E-state index contributed by atoms with van der Waals surface area (Å²) in [5.41, 5.74) is 4.37. The Morgan fingerprint density at radius 1 is 1.25 bits per heavy atom. The van der Waals surface area contributed by atoms with E-state index in [0.717, 1.165) is 11.6 Å². The number of nitrogens with two attached hydrogens (primary N) is 1. The van der Waals surface area contributed by atoms with E-state index in [9.17, 15) is 32.3 Å². The fourth-order valence-electron chi connectivity index (χ4n) is 2.36. The molecule has 0 saturated carbocycles. The molecule has 1 aromatic carbocycles. The molecule has 1 atom stereocenters. The summed E-state index contributed by atoms with van der Waals surface area (Å²) >= 11 is 0.647. The molecule has 0 aliphatic carbocycles. The number of hydrogen-bond donors (Lipinski definition) is 1. The molecule has 0 spiro atoms. The van der Waals surface area contributed by atoms with Crippen molar-refractivity contribution in [2.45, 2.75) is 12.2 Å². The second kappa shape index (κ2) is 9.40. The van der Waals surface area contributed by atoms with Gasteiger partial charge < -0.3 is 24.4 Å². The second-order valence-electron chi connectivity index (χ2n) is 5.30. The average Bonchev–Trinajstić information content (AvgIpc) is 3.17. The molecule has 2 aromatic heterocycles. The van der Waals surface area contributed by atoms with Gasteiger partial charge in [0.1, 0.15) is 6.04 Å². The monoisotopic (exact) mass is 449 g/mol. The predicted octanol–water partition coefficient (Wildman–Crippen LogP) is -4.42. The summed E-state index contributed by atoms with van der Waals surface area (Å²) < 4.78 is 49.8. The topological polar surface area (TPSA) is 124 Å². The Balaban J connectivity index is 0.00000196. The number of fused-ring (bicyclic) bond motifs is 1. The van der Waals surface area contributed by atoms with Crippen LogP contribution in [-0.4, -0.2) is 21.3 Å². The minimum absolute atomic E-state index is 0. The number of alkyl halides is 3. The maximum absolute atomic E-state index is 12.7. The van der Waals surface area contributed by atoms with Gasteiger partial charge in [-0.25, -0.2) is 4.98 Å². The zero-order valence-corrected chi connectivity index (χ0v) is 20.3. The maximum Gasteiger partial charge on any atom is 1.00 e. The number of hydrogen-bond acceptors (Lipinski definition) is 7. The van der Waals surface area contributed by atoms with E-state index in [2.05, 4.69) is 4.98 Å². The third-order valence-corrected chi connectivity index (χ3v) is 5.31. The van der Waals surface area contributed by atoms with E-state index in [4.69, 9.17) is 5.73 Å². The molecule has 3 rings (SSSR count). The Bertz CT molecular complexity index is 1050. The van der Waals surface area contributed by atoms with Crippen LogP contribution in [0.25, 0.3) is 10.9 Å². The van der Waals surface area contributed by atoms with E-state index < -0.39 is 31.4 Å². The second-order valence-corrected chi connectivity index (χ2v) is 7.53. The molecule has 0 aliphatic heterocycles. The number of para-hydroxylation sites is 1. The summed E-state index contributed by atoms with van der Waals surface area (Å²) in [4.78, 5) is 39.0. The van der Waals surface area contributed by atoms with Crippen molar-refractivity contribution in [2.75, 3.05) is 0 Å². The summed E-state index contributed by atoms with van der Waals surface area (Å²) in [6.45, 7) is 0. The van der Waals surface area contributed by atoms with E-state index in [1.165, 1.54) is 24.3 Å². The molecule has 2 N–H and O–H groups in total. The number of aromatic nitrogens is 2. The molecular formula is C14H9F3N3Na2O4PS. The van der Waals surface area contributed by atoms with Gasteiger partial charge in [-0.05, 0) is 6.07 Å². The first-order valence-corrected chi connectivity index (χ1v) is 9.33. The van der Waals surface area contributed by atoms with Crippen LogP contribution in [0.4, 0.5) is 13.2 Å². The number of carbonyl (C=O) groups excluding carboxylic acids is 1. The molecule has 14 heteroatoms. The Labute approximate surface area is 204 Å². The molecular weight excluding hydrogens is 440 g/mol. The first-order valence-electron chi connectivity index (χ1n) is 6.95. The van der Waals surface area contributed by atoms with Crippen molar-refractivity contribution < 1.29 is 91.4 Å². The Kier molecular flexibility index (Phi) is 8.73. The molecule has 2 heterocycles. The van der Waals surface area contributed by atoms with Gasteiger partial charge >= 0.3 is 65.3 Å². The van der Waals surface area contributed by atoms with Crippen molar-refractivity contribution in [3.8, 4) is 0 Å². The first-order chi connectivity index (χ1) is 12.0. The molecule has 3 aromatic rings. The molecule has 0 fully saturated rings. The van der Waals surface area contributed by atoms with Crippen LogP contribution in [-0.2, 0) is 4.57 Å². The van der Waals surface area contributed by atoms with Gasteiger partial charge in [-0.2, -0.15) is 13.2 Å². The van der Waals surface area contributed by atoms with Crippen molar-refractivity contribution in [1.82, 2.24) is 9.32 Å². The average molecular weight is 449 g/mol. The fraction of sp³-hybridized carbons (Fsp3) is 0.143. The van der Waals surface area contributed by atoms with Crippen molar-refractivity contribution in [3.63, 3.8) is 0 Å². The minimum atomic E-state index is -5.23. The number of carbonyl (C=O) groups is 1. The summed E-state index contributed by atoms with van der Waals surface area (Å²) in [5, 5.41) is 0.881. The van der Waals surface area contributed by atoms with Gasteiger partial charge in [0.05, 0.1) is 16.8 Å². The fourth-order valence-corrected chi connectivity index (χ4v) is 3.86. The van der Waals surface area contributed by atoms with Gasteiger partial charge in [-0.1, -0.05) is 18.2 Å². The van der Waals surface area contributed by atoms with Crippen LogP contribution in [0.3, 0.4) is 0 Å². The van der Waals surface area contributed by atoms with Crippen LogP contribution < -0.4 is 74.6 Å². The molecule has 138 valence electrons. The quantitative estimate of drug-likeness (QED) is 0.244. The van der Waals surface area contributed by atoms with Gasteiger partial charge in [0.25, 0.3) is 0 Å². The van der Waals surface area contributed by atoms with E-state index in [1.807, 2.05) is 0 Å². The summed E-state index contributed by atoms with van der Waals surface area (Å²) in [7, 11) is -5.23. The number of rotatable bonds is 4. The van der Waals surface area contributed by atoms with Gasteiger partial charge in [0, 0.05) is 24.7 Å². The normalized spacial score (nSPS) is 12.9. The molecule has 0 bridgehead atoms. The number of nitrogens with zero attached hydrogens (tertiary/aromatic N) is 2. The Morgan fingerprint density at radius 2 is 1.86 bits per heavy atom. The van der Waals surface area contributed by atoms with Crippen molar-refractivity contribution in [2.24, 2.45) is 5.73 Å². The van der Waals surface area contributed by atoms with E-state index >= 15 is 0 Å². The maximum atomic E-state index is 12.7. The SMILES string of the molecule is NC(c1csc(C(=O)c2cn(P(=O)([O-])[O-])c3ccccc23)n1)C(F)(F)F.[Na+].[Na+]. The van der Waals surface area contributed by atoms with Crippen molar-refractivity contribution in [1.29, 1.82) is 0 Å². The summed E-state index contributed by atoms with van der Waals surface area (Å²) in [5.74, 6) is -0.806. The summed E-state index contributed by atoms with van der Waals surface area (Å²) in [6, 6.07) is 3.42. The van der Waals surface area contributed by atoms with Crippen LogP contribution in [0.15, 0.2) is 35.8 Å². The zero-order chi connectivity index (χ0) is 19.3. The molecule has 0 amide bonds. The van der Waals surface area contributed by atoms with Crippen LogP contribution in [0.1, 0.15) is 27.1 Å². The van der Waals surface area contributed by atoms with E-state index in [1.54, 1.807) is 0 Å². The number of ketones is 1. The van der Waals surface area contributed by atoms with Crippen molar-refractivity contribution >= 4 is 35.8 Å². The van der Waals surface area contributed by atoms with Gasteiger partial charge in [0.15, 0.2) is 5.01 Å². The third kappa shape index (κ3) is 5.16. The molecule has 7 nitrogen and oxygen atoms in total. The third-order valence-electron chi connectivity index (χ3n) is 3.59. The van der Waals surface area contributed by atoms with Crippen LogP contribution >= 0.6 is 19.1 Å². The molecule has 28 heavy (non-hydrogen) atoms. The zero-order valence-electron chi connectivity index (χ0n) is 14.6. The Hall–Kier alpha value is -0.0400. The predicted molar refractivity (Wildman–Crippen MR) is 83.5 cm³/mol. The Morgan fingerprint density at radius 3 is 2.43 bits per heavy atom. The van der Waals surface area contributed by atoms with Gasteiger partial charge in [-0.15, -0.1) is 11.3 Å². The molecule has 1 unspecified atom stereocenters. The van der Waals surface area contributed by atoms with Crippen LogP contribution in [0.5, 0.6) is 0 Å².